The van der Waals surface area contributed by atoms with Crippen LogP contribution in [0.5, 0.6) is 0 Å². The van der Waals surface area contributed by atoms with E-state index in [4.69, 9.17) is 15.5 Å². The van der Waals surface area contributed by atoms with E-state index in [1.165, 1.54) is 20.8 Å². The van der Waals surface area contributed by atoms with Gasteiger partial charge in [-0.15, -0.1) is 22.7 Å². The number of fused-ring (bicyclic) bond motifs is 1. The van der Waals surface area contributed by atoms with Crippen molar-refractivity contribution >= 4 is 38.8 Å². The first-order chi connectivity index (χ1) is 12.6. The minimum atomic E-state index is -0.542. The molecule has 3 aromatic heterocycles. The number of hydrogen-bond acceptors (Lipinski definition) is 6. The van der Waals surface area contributed by atoms with E-state index in [-0.39, 0.29) is 12.1 Å². The Morgan fingerprint density at radius 1 is 1.35 bits per heavy atom. The number of carbonyl (C=O) groups is 1. The van der Waals surface area contributed by atoms with Crippen LogP contribution in [0.15, 0.2) is 27.7 Å². The Labute approximate surface area is 157 Å². The van der Waals surface area contributed by atoms with Crippen LogP contribution in [-0.2, 0) is 22.6 Å². The molecule has 3 N–H and O–H groups in total. The lowest BCUT2D eigenvalue weighted by Gasteiger charge is -2.24. The minimum absolute atomic E-state index is 0.152. The highest BCUT2D eigenvalue weighted by molar-refractivity contribution is 7.18. The van der Waals surface area contributed by atoms with E-state index in [1.807, 2.05) is 22.9 Å². The van der Waals surface area contributed by atoms with E-state index in [9.17, 15) is 9.59 Å². The van der Waals surface area contributed by atoms with Crippen molar-refractivity contribution in [2.75, 3.05) is 26.3 Å². The fraction of sp³-hybridized carbons (Fsp3) is 0.353. The van der Waals surface area contributed by atoms with Gasteiger partial charge < -0.3 is 15.4 Å². The average molecular weight is 391 g/mol. The quantitative estimate of drug-likeness (QED) is 0.645. The van der Waals surface area contributed by atoms with Gasteiger partial charge in [-0.2, -0.15) is 0 Å². The highest BCUT2D eigenvalue weighted by Gasteiger charge is 2.22. The van der Waals surface area contributed by atoms with Gasteiger partial charge in [0.05, 0.1) is 18.6 Å². The number of carbonyl (C=O) groups excluding carboxylic acids is 1. The van der Waals surface area contributed by atoms with Crippen molar-refractivity contribution in [1.29, 1.82) is 0 Å². The number of primary amides is 1. The number of amides is 1. The molecule has 3 aromatic rings. The molecule has 1 saturated heterocycles. The van der Waals surface area contributed by atoms with Crippen LogP contribution in [0.1, 0.15) is 5.82 Å². The molecular formula is C17H19N4O3S2+. The predicted molar refractivity (Wildman–Crippen MR) is 102 cm³/mol. The second kappa shape index (κ2) is 7.28. The molecule has 0 aromatic carbocycles. The molecule has 0 radical (unpaired) electrons. The molecule has 1 amide bonds. The van der Waals surface area contributed by atoms with Gasteiger partial charge in [0, 0.05) is 15.8 Å². The van der Waals surface area contributed by atoms with E-state index >= 15 is 0 Å². The number of nitrogens with one attached hydrogen (secondary N) is 1. The molecule has 0 saturated carbocycles. The molecule has 0 bridgehead atoms. The molecule has 9 heteroatoms. The molecule has 0 unspecified atom stereocenters. The first-order valence-corrected chi connectivity index (χ1v) is 10.1. The fourth-order valence-corrected chi connectivity index (χ4v) is 4.96. The summed E-state index contributed by atoms with van der Waals surface area (Å²) in [6, 6.07) is 3.94. The molecule has 1 aliphatic rings. The van der Waals surface area contributed by atoms with Gasteiger partial charge in [0.2, 0.25) is 5.91 Å². The topological polar surface area (TPSA) is 91.7 Å². The highest BCUT2D eigenvalue weighted by Crippen LogP contribution is 2.33. The molecule has 1 aliphatic heterocycles. The van der Waals surface area contributed by atoms with Crippen LogP contribution in [-0.4, -0.2) is 41.8 Å². The third-order valence-corrected chi connectivity index (χ3v) is 6.26. The number of quaternary nitrogens is 1. The van der Waals surface area contributed by atoms with Gasteiger partial charge in [-0.05, 0) is 11.4 Å². The Hall–Kier alpha value is -2.07. The summed E-state index contributed by atoms with van der Waals surface area (Å²) < 4.78 is 6.83. The molecular weight excluding hydrogens is 372 g/mol. The number of ether oxygens (including phenoxy) is 1. The van der Waals surface area contributed by atoms with Crippen molar-refractivity contribution in [2.24, 2.45) is 5.73 Å². The molecule has 1 fully saturated rings. The lowest BCUT2D eigenvalue weighted by molar-refractivity contribution is -0.922. The van der Waals surface area contributed by atoms with Crippen LogP contribution >= 0.6 is 22.7 Å². The predicted octanol–water partition coefficient (Wildman–Crippen LogP) is 0.0869. The molecule has 0 spiro atoms. The fourth-order valence-electron chi connectivity index (χ4n) is 3.19. The van der Waals surface area contributed by atoms with Crippen molar-refractivity contribution in [3.8, 4) is 10.4 Å². The molecule has 7 nitrogen and oxygen atoms in total. The van der Waals surface area contributed by atoms with Crippen LogP contribution in [0.3, 0.4) is 0 Å². The van der Waals surface area contributed by atoms with Gasteiger partial charge in [0.1, 0.15) is 31.0 Å². The Morgan fingerprint density at radius 2 is 2.15 bits per heavy atom. The van der Waals surface area contributed by atoms with E-state index in [0.717, 1.165) is 23.5 Å². The van der Waals surface area contributed by atoms with Crippen LogP contribution < -0.4 is 16.2 Å². The van der Waals surface area contributed by atoms with E-state index in [0.29, 0.717) is 35.8 Å². The second-order valence-corrected chi connectivity index (χ2v) is 8.04. The number of nitrogens with two attached hydrogens (primary N) is 1. The molecule has 136 valence electrons. The van der Waals surface area contributed by atoms with Gasteiger partial charge in [-0.25, -0.2) is 4.98 Å². The summed E-state index contributed by atoms with van der Waals surface area (Å²) in [5.74, 6) is 0.0668. The van der Waals surface area contributed by atoms with E-state index in [1.54, 1.807) is 11.3 Å². The SMILES string of the molecule is NC(=O)Cn1c(C[NH+]2CCOCC2)nc2scc(-c3cccs3)c2c1=O. The summed E-state index contributed by atoms with van der Waals surface area (Å²) in [7, 11) is 0. The zero-order chi connectivity index (χ0) is 18.1. The standard InChI is InChI=1S/C17H18N4O3S2/c18-13(22)8-21-14(9-20-3-5-24-6-4-20)19-16-15(17(21)23)11(10-26-16)12-2-1-7-25-12/h1-2,7,10H,3-6,8-9H2,(H2,18,22)/p+1. The maximum atomic E-state index is 13.2. The summed E-state index contributed by atoms with van der Waals surface area (Å²) in [5.41, 5.74) is 6.08. The summed E-state index contributed by atoms with van der Waals surface area (Å²) in [4.78, 5) is 32.5. The van der Waals surface area contributed by atoms with Gasteiger partial charge in [0.15, 0.2) is 5.82 Å². The van der Waals surface area contributed by atoms with Crippen LogP contribution in [0.2, 0.25) is 0 Å². The van der Waals surface area contributed by atoms with Crippen molar-refractivity contribution < 1.29 is 14.4 Å². The zero-order valence-electron chi connectivity index (χ0n) is 14.1. The third-order valence-electron chi connectivity index (χ3n) is 4.48. The van der Waals surface area contributed by atoms with Gasteiger partial charge in [-0.1, -0.05) is 6.07 Å². The second-order valence-electron chi connectivity index (χ2n) is 6.23. The molecule has 0 atom stereocenters. The van der Waals surface area contributed by atoms with Crippen LogP contribution in [0.25, 0.3) is 20.7 Å². The maximum absolute atomic E-state index is 13.2. The maximum Gasteiger partial charge on any atom is 0.263 e. The Morgan fingerprint density at radius 3 is 2.85 bits per heavy atom. The van der Waals surface area contributed by atoms with Crippen LogP contribution in [0.4, 0.5) is 0 Å². The number of thiophene rings is 2. The molecule has 4 heterocycles. The lowest BCUT2D eigenvalue weighted by Crippen LogP contribution is -3.13. The van der Waals surface area contributed by atoms with Crippen molar-refractivity contribution in [1.82, 2.24) is 9.55 Å². The third kappa shape index (κ3) is 3.30. The Kier molecular flexibility index (Phi) is 4.86. The lowest BCUT2D eigenvalue weighted by atomic mass is 10.2. The largest absolute Gasteiger partial charge is 0.370 e. The van der Waals surface area contributed by atoms with Crippen molar-refractivity contribution in [3.05, 3.63) is 39.1 Å². The van der Waals surface area contributed by atoms with Gasteiger partial charge in [-0.3, -0.25) is 14.2 Å². The Balaban J connectivity index is 1.83. The van der Waals surface area contributed by atoms with Crippen LogP contribution in [0, 0.1) is 0 Å². The van der Waals surface area contributed by atoms with Gasteiger partial charge in [0.25, 0.3) is 5.56 Å². The number of morpholine rings is 1. The number of nitrogens with zero attached hydrogens (tertiary/aromatic N) is 2. The Bertz CT molecular complexity index is 988. The number of rotatable bonds is 5. The zero-order valence-corrected chi connectivity index (χ0v) is 15.7. The van der Waals surface area contributed by atoms with Crippen molar-refractivity contribution in [2.45, 2.75) is 13.1 Å². The summed E-state index contributed by atoms with van der Waals surface area (Å²) in [5, 5.41) is 4.51. The van der Waals surface area contributed by atoms with Gasteiger partial charge >= 0.3 is 0 Å². The number of aromatic nitrogens is 2. The van der Waals surface area contributed by atoms with E-state index < -0.39 is 5.91 Å². The summed E-state index contributed by atoms with van der Waals surface area (Å²) in [6.07, 6.45) is 0. The number of hydrogen-bond donors (Lipinski definition) is 2. The monoisotopic (exact) mass is 391 g/mol. The highest BCUT2D eigenvalue weighted by atomic mass is 32.1. The minimum Gasteiger partial charge on any atom is -0.370 e. The van der Waals surface area contributed by atoms with E-state index in [2.05, 4.69) is 0 Å². The smallest absolute Gasteiger partial charge is 0.263 e. The van der Waals surface area contributed by atoms with Crippen molar-refractivity contribution in [3.63, 3.8) is 0 Å². The average Bonchev–Trinajstić information content (AvgIpc) is 3.28. The molecule has 26 heavy (non-hydrogen) atoms. The normalized spacial score (nSPS) is 15.5. The summed E-state index contributed by atoms with van der Waals surface area (Å²) in [6.45, 7) is 3.53. The molecule has 4 rings (SSSR count). The summed E-state index contributed by atoms with van der Waals surface area (Å²) >= 11 is 3.04. The first-order valence-electron chi connectivity index (χ1n) is 8.38. The first kappa shape index (κ1) is 17.3. The molecule has 0 aliphatic carbocycles.